The lowest BCUT2D eigenvalue weighted by Crippen LogP contribution is -2.18. The Labute approximate surface area is 99.0 Å². The molecule has 0 amide bonds. The lowest BCUT2D eigenvalue weighted by atomic mass is 9.98. The van der Waals surface area contributed by atoms with Gasteiger partial charge in [-0.3, -0.25) is 14.4 Å². The van der Waals surface area contributed by atoms with Crippen LogP contribution in [0.1, 0.15) is 25.7 Å². The molecule has 0 bridgehead atoms. The van der Waals surface area contributed by atoms with Crippen LogP contribution in [0, 0.1) is 5.92 Å². The zero-order valence-electron chi connectivity index (χ0n) is 9.32. The summed E-state index contributed by atoms with van der Waals surface area (Å²) >= 11 is 5.18. The molecule has 0 radical (unpaired) electrons. The van der Waals surface area contributed by atoms with Crippen molar-refractivity contribution in [1.29, 1.82) is 0 Å². The van der Waals surface area contributed by atoms with E-state index in [-0.39, 0.29) is 19.3 Å². The van der Waals surface area contributed by atoms with Gasteiger partial charge in [0.05, 0.1) is 20.1 Å². The fourth-order valence-electron chi connectivity index (χ4n) is 1.23. The molecule has 0 heterocycles. The van der Waals surface area contributed by atoms with E-state index in [1.807, 2.05) is 0 Å². The van der Waals surface area contributed by atoms with Gasteiger partial charge >= 0.3 is 11.9 Å². The Balaban J connectivity index is 4.15. The van der Waals surface area contributed by atoms with Crippen molar-refractivity contribution in [3.05, 3.63) is 0 Å². The normalized spacial score (nSPS) is 11.7. The van der Waals surface area contributed by atoms with Gasteiger partial charge in [0, 0.05) is 12.8 Å². The van der Waals surface area contributed by atoms with Crippen molar-refractivity contribution in [3.63, 3.8) is 0 Å². The van der Waals surface area contributed by atoms with Crippen molar-refractivity contribution in [1.82, 2.24) is 0 Å². The topological polar surface area (TPSA) is 69.7 Å². The monoisotopic (exact) mass is 250 g/mol. The number of ether oxygens (including phenoxy) is 2. The minimum absolute atomic E-state index is 0.0858. The Bertz CT molecular complexity index is 264. The summed E-state index contributed by atoms with van der Waals surface area (Å²) in [6.45, 7) is 0. The van der Waals surface area contributed by atoms with Crippen LogP contribution >= 0.6 is 11.6 Å². The number of hydrogen-bond donors (Lipinski definition) is 0. The molecular formula is C10H15ClO5. The molecule has 0 saturated carbocycles. The van der Waals surface area contributed by atoms with E-state index >= 15 is 0 Å². The number of methoxy groups -OCH3 is 2. The highest BCUT2D eigenvalue weighted by molar-refractivity contribution is 6.63. The predicted octanol–water partition coefficient (Wildman–Crippen LogP) is 1.27. The standard InChI is InChI=1S/C10H15ClO5/c1-15-9(13)6-4-7(10(14)16-2)3-5-8(11)12/h7H,3-6H2,1-2H3/t7-/m0/s1. The van der Waals surface area contributed by atoms with Crippen molar-refractivity contribution in [3.8, 4) is 0 Å². The molecule has 0 aliphatic heterocycles. The molecule has 0 N–H and O–H groups in total. The third kappa shape index (κ3) is 6.40. The van der Waals surface area contributed by atoms with E-state index in [0.717, 1.165) is 0 Å². The molecule has 16 heavy (non-hydrogen) atoms. The van der Waals surface area contributed by atoms with E-state index in [2.05, 4.69) is 9.47 Å². The summed E-state index contributed by atoms with van der Waals surface area (Å²) in [5, 5.41) is -0.507. The van der Waals surface area contributed by atoms with Crippen LogP contribution in [-0.2, 0) is 23.9 Å². The Morgan fingerprint density at radius 1 is 1.06 bits per heavy atom. The van der Waals surface area contributed by atoms with Crippen LogP contribution in [0.2, 0.25) is 0 Å². The highest BCUT2D eigenvalue weighted by atomic mass is 35.5. The van der Waals surface area contributed by atoms with Gasteiger partial charge in [-0.1, -0.05) is 0 Å². The van der Waals surface area contributed by atoms with Crippen LogP contribution in [0.4, 0.5) is 0 Å². The first-order valence-corrected chi connectivity index (χ1v) is 5.22. The molecule has 0 rings (SSSR count). The van der Waals surface area contributed by atoms with Crippen molar-refractivity contribution in [2.75, 3.05) is 14.2 Å². The minimum atomic E-state index is -0.507. The first kappa shape index (κ1) is 14.9. The van der Waals surface area contributed by atoms with Crippen LogP contribution in [0.15, 0.2) is 0 Å². The summed E-state index contributed by atoms with van der Waals surface area (Å²) in [6, 6.07) is 0. The first-order chi connectivity index (χ1) is 7.51. The van der Waals surface area contributed by atoms with Gasteiger partial charge in [-0.15, -0.1) is 0 Å². The molecule has 0 fully saturated rings. The van der Waals surface area contributed by atoms with Crippen LogP contribution < -0.4 is 0 Å². The van der Waals surface area contributed by atoms with Gasteiger partial charge in [0.1, 0.15) is 0 Å². The zero-order valence-corrected chi connectivity index (χ0v) is 10.1. The molecule has 0 saturated heterocycles. The fourth-order valence-corrected chi connectivity index (χ4v) is 1.34. The van der Waals surface area contributed by atoms with E-state index in [4.69, 9.17) is 11.6 Å². The summed E-state index contributed by atoms with van der Waals surface area (Å²) in [6.07, 6.45) is 0.782. The van der Waals surface area contributed by atoms with Gasteiger partial charge in [0.15, 0.2) is 0 Å². The van der Waals surface area contributed by atoms with Crippen molar-refractivity contribution in [2.24, 2.45) is 5.92 Å². The molecule has 1 atom stereocenters. The lowest BCUT2D eigenvalue weighted by molar-refractivity contribution is -0.147. The van der Waals surface area contributed by atoms with Crippen LogP contribution in [0.3, 0.4) is 0 Å². The molecule has 0 aromatic heterocycles. The lowest BCUT2D eigenvalue weighted by Gasteiger charge is -2.12. The van der Waals surface area contributed by atoms with E-state index < -0.39 is 23.1 Å². The Morgan fingerprint density at radius 2 is 1.62 bits per heavy atom. The van der Waals surface area contributed by atoms with Crippen LogP contribution in [-0.4, -0.2) is 31.4 Å². The number of carbonyl (C=O) groups excluding carboxylic acids is 3. The van der Waals surface area contributed by atoms with E-state index in [1.165, 1.54) is 14.2 Å². The number of carbonyl (C=O) groups is 3. The average Bonchev–Trinajstić information content (AvgIpc) is 2.27. The Hall–Kier alpha value is -1.10. The molecule has 0 unspecified atom stereocenters. The molecule has 92 valence electrons. The smallest absolute Gasteiger partial charge is 0.308 e. The molecule has 6 heteroatoms. The van der Waals surface area contributed by atoms with Gasteiger partial charge in [-0.2, -0.15) is 0 Å². The third-order valence-corrected chi connectivity index (χ3v) is 2.34. The summed E-state index contributed by atoms with van der Waals surface area (Å²) in [5.41, 5.74) is 0. The van der Waals surface area contributed by atoms with Crippen LogP contribution in [0.25, 0.3) is 0 Å². The summed E-state index contributed by atoms with van der Waals surface area (Å²) in [5.74, 6) is -1.33. The van der Waals surface area contributed by atoms with E-state index in [9.17, 15) is 14.4 Å². The Kier molecular flexibility index (Phi) is 7.54. The summed E-state index contributed by atoms with van der Waals surface area (Å²) in [7, 11) is 2.54. The average molecular weight is 251 g/mol. The summed E-state index contributed by atoms with van der Waals surface area (Å²) in [4.78, 5) is 32.8. The van der Waals surface area contributed by atoms with Crippen molar-refractivity contribution >= 4 is 28.8 Å². The van der Waals surface area contributed by atoms with Gasteiger partial charge < -0.3 is 9.47 Å². The molecule has 0 aromatic rings. The minimum Gasteiger partial charge on any atom is -0.469 e. The molecule has 0 aromatic carbocycles. The second-order valence-electron chi connectivity index (χ2n) is 3.23. The molecule has 0 aliphatic carbocycles. The third-order valence-electron chi connectivity index (χ3n) is 2.15. The quantitative estimate of drug-likeness (QED) is 0.503. The van der Waals surface area contributed by atoms with Gasteiger partial charge in [0.25, 0.3) is 0 Å². The zero-order chi connectivity index (χ0) is 12.6. The van der Waals surface area contributed by atoms with Crippen molar-refractivity contribution in [2.45, 2.75) is 25.7 Å². The maximum atomic E-state index is 11.3. The molecule has 0 spiro atoms. The van der Waals surface area contributed by atoms with Gasteiger partial charge in [-0.25, -0.2) is 0 Å². The molecule has 5 nitrogen and oxygen atoms in total. The SMILES string of the molecule is COC(=O)CC[C@H](CCC(=O)Cl)C(=O)OC. The summed E-state index contributed by atoms with van der Waals surface area (Å²) < 4.78 is 9.02. The largest absolute Gasteiger partial charge is 0.469 e. The number of rotatable bonds is 7. The molecular weight excluding hydrogens is 236 g/mol. The highest BCUT2D eigenvalue weighted by Crippen LogP contribution is 2.16. The fraction of sp³-hybridized carbons (Fsp3) is 0.700. The van der Waals surface area contributed by atoms with Gasteiger partial charge in [0.2, 0.25) is 5.24 Å². The first-order valence-electron chi connectivity index (χ1n) is 4.84. The number of esters is 2. The number of halogens is 1. The maximum absolute atomic E-state index is 11.3. The predicted molar refractivity (Wildman–Crippen MR) is 56.9 cm³/mol. The second-order valence-corrected chi connectivity index (χ2v) is 3.65. The maximum Gasteiger partial charge on any atom is 0.308 e. The van der Waals surface area contributed by atoms with E-state index in [1.54, 1.807) is 0 Å². The molecule has 0 aliphatic rings. The highest BCUT2D eigenvalue weighted by Gasteiger charge is 2.21. The van der Waals surface area contributed by atoms with Crippen molar-refractivity contribution < 1.29 is 23.9 Å². The second kappa shape index (κ2) is 8.10. The van der Waals surface area contributed by atoms with Crippen LogP contribution in [0.5, 0.6) is 0 Å². The number of hydrogen-bond acceptors (Lipinski definition) is 5. The van der Waals surface area contributed by atoms with E-state index in [0.29, 0.717) is 6.42 Å². The van der Waals surface area contributed by atoms with Gasteiger partial charge in [-0.05, 0) is 24.4 Å². The Morgan fingerprint density at radius 3 is 2.06 bits per heavy atom.